The van der Waals surface area contributed by atoms with E-state index in [0.29, 0.717) is 19.6 Å². The predicted molar refractivity (Wildman–Crippen MR) is 116 cm³/mol. The molecule has 0 radical (unpaired) electrons. The van der Waals surface area contributed by atoms with Crippen molar-refractivity contribution >= 4 is 39.6 Å². The molecule has 3 aromatic rings. The molecular weight excluding hydrogens is 386 g/mol. The van der Waals surface area contributed by atoms with Crippen LogP contribution < -0.4 is 15.0 Å². The van der Waals surface area contributed by atoms with Crippen molar-refractivity contribution in [3.05, 3.63) is 66.2 Å². The Hall–Kier alpha value is -3.06. The number of hydrogen-bond acceptors (Lipinski definition) is 6. The summed E-state index contributed by atoms with van der Waals surface area (Å²) in [6.45, 7) is 1.23. The summed E-state index contributed by atoms with van der Waals surface area (Å²) in [5.41, 5.74) is 1.97. The van der Waals surface area contributed by atoms with Gasteiger partial charge in [-0.3, -0.25) is 14.9 Å². The third-order valence-electron chi connectivity index (χ3n) is 4.78. The molecule has 2 heterocycles. The summed E-state index contributed by atoms with van der Waals surface area (Å²) in [7, 11) is 2.00. The molecule has 1 saturated heterocycles. The third kappa shape index (κ3) is 4.68. The van der Waals surface area contributed by atoms with Crippen molar-refractivity contribution in [2.24, 2.45) is 0 Å². The van der Waals surface area contributed by atoms with Gasteiger partial charge in [0.2, 0.25) is 5.91 Å². The van der Waals surface area contributed by atoms with Gasteiger partial charge in [0.15, 0.2) is 0 Å². The van der Waals surface area contributed by atoms with E-state index in [1.165, 1.54) is 0 Å². The number of ether oxygens (including phenoxy) is 1. The molecule has 1 aliphatic rings. The summed E-state index contributed by atoms with van der Waals surface area (Å²) < 4.78 is 5.84. The van der Waals surface area contributed by atoms with Crippen LogP contribution >= 0.6 is 11.8 Å². The van der Waals surface area contributed by atoms with Gasteiger partial charge in [0.1, 0.15) is 18.2 Å². The summed E-state index contributed by atoms with van der Waals surface area (Å²) in [6.07, 6.45) is 0.527. The summed E-state index contributed by atoms with van der Waals surface area (Å²) in [4.78, 5) is 29.7. The van der Waals surface area contributed by atoms with Gasteiger partial charge in [-0.15, -0.1) is 0 Å². The lowest BCUT2D eigenvalue weighted by atomic mass is 10.1. The normalized spacial score (nSPS) is 16.1. The number of thioether (sulfide) groups is 1. The van der Waals surface area contributed by atoms with E-state index in [2.05, 4.69) is 27.3 Å². The van der Waals surface area contributed by atoms with E-state index in [9.17, 15) is 9.59 Å². The molecule has 4 rings (SSSR count). The smallest absolute Gasteiger partial charge is 0.286 e. The molecule has 1 aliphatic heterocycles. The number of fused-ring (bicyclic) bond motifs is 1. The number of rotatable bonds is 7. The minimum absolute atomic E-state index is 0.217. The highest BCUT2D eigenvalue weighted by molar-refractivity contribution is 8.15. The summed E-state index contributed by atoms with van der Waals surface area (Å²) in [5.74, 6) is 1.46. The highest BCUT2D eigenvalue weighted by Crippen LogP contribution is 2.24. The fourth-order valence-electron chi connectivity index (χ4n) is 3.15. The van der Waals surface area contributed by atoms with E-state index in [-0.39, 0.29) is 16.4 Å². The van der Waals surface area contributed by atoms with Gasteiger partial charge in [0.25, 0.3) is 5.24 Å². The number of benzene rings is 2. The van der Waals surface area contributed by atoms with Crippen molar-refractivity contribution in [3.8, 4) is 5.75 Å². The van der Waals surface area contributed by atoms with Crippen molar-refractivity contribution < 1.29 is 14.3 Å². The molecule has 0 spiro atoms. The first-order valence-corrected chi connectivity index (χ1v) is 10.3. The number of pyridine rings is 1. The number of hydrogen-bond donors (Lipinski definition) is 1. The van der Waals surface area contributed by atoms with Crippen LogP contribution in [-0.2, 0) is 11.2 Å². The second-order valence-corrected chi connectivity index (χ2v) is 8.04. The van der Waals surface area contributed by atoms with Crippen LogP contribution in [0.1, 0.15) is 5.56 Å². The van der Waals surface area contributed by atoms with Crippen molar-refractivity contribution in [1.29, 1.82) is 0 Å². The van der Waals surface area contributed by atoms with Gasteiger partial charge in [-0.25, -0.2) is 4.98 Å². The van der Waals surface area contributed by atoms with Crippen molar-refractivity contribution in [1.82, 2.24) is 10.3 Å². The Labute approximate surface area is 173 Å². The number of nitrogens with one attached hydrogen (secondary N) is 1. The zero-order valence-corrected chi connectivity index (χ0v) is 16.8. The monoisotopic (exact) mass is 407 g/mol. The van der Waals surface area contributed by atoms with Crippen LogP contribution in [0.15, 0.2) is 60.7 Å². The van der Waals surface area contributed by atoms with Crippen LogP contribution in [0.5, 0.6) is 5.75 Å². The molecular formula is C22H21N3O3S. The molecule has 29 heavy (non-hydrogen) atoms. The molecule has 1 N–H and O–H groups in total. The Bertz CT molecular complexity index is 1040. The molecule has 2 amide bonds. The Morgan fingerprint density at radius 2 is 1.86 bits per heavy atom. The molecule has 0 saturated carbocycles. The lowest BCUT2D eigenvalue weighted by molar-refractivity contribution is -0.118. The second-order valence-electron chi connectivity index (χ2n) is 6.86. The number of aromatic nitrogens is 1. The number of para-hydroxylation sites is 1. The first kappa shape index (κ1) is 19.3. The maximum atomic E-state index is 11.7. The maximum Gasteiger partial charge on any atom is 0.286 e. The molecule has 6 nitrogen and oxygen atoms in total. The Morgan fingerprint density at radius 1 is 1.07 bits per heavy atom. The van der Waals surface area contributed by atoms with Crippen LogP contribution in [0.2, 0.25) is 0 Å². The molecule has 0 aliphatic carbocycles. The van der Waals surface area contributed by atoms with E-state index in [1.54, 1.807) is 0 Å². The Morgan fingerprint density at radius 3 is 2.62 bits per heavy atom. The number of nitrogens with zero attached hydrogens (tertiary/aromatic N) is 2. The SMILES string of the molecule is CN(CCOc1ccc(C[C@H]2SC(=O)NC2=O)cc1)c1ccc2ccccc2n1. The van der Waals surface area contributed by atoms with E-state index in [1.807, 2.05) is 55.6 Å². The summed E-state index contributed by atoms with van der Waals surface area (Å²) >= 11 is 1.05. The van der Waals surface area contributed by atoms with Crippen LogP contribution in [-0.4, -0.2) is 41.6 Å². The number of amides is 2. The summed E-state index contributed by atoms with van der Waals surface area (Å²) in [5, 5.41) is 2.81. The quantitative estimate of drug-likeness (QED) is 0.645. The lowest BCUT2D eigenvalue weighted by Gasteiger charge is -2.19. The zero-order chi connectivity index (χ0) is 20.2. The van der Waals surface area contributed by atoms with E-state index in [4.69, 9.17) is 4.74 Å². The fourth-order valence-corrected chi connectivity index (χ4v) is 4.01. The van der Waals surface area contributed by atoms with E-state index < -0.39 is 0 Å². The number of carbonyl (C=O) groups excluding carboxylic acids is 2. The van der Waals surface area contributed by atoms with Crippen LogP contribution in [0.25, 0.3) is 10.9 Å². The second kappa shape index (κ2) is 8.53. The van der Waals surface area contributed by atoms with Gasteiger partial charge in [-0.1, -0.05) is 42.1 Å². The largest absolute Gasteiger partial charge is 0.492 e. The first-order valence-electron chi connectivity index (χ1n) is 9.39. The summed E-state index contributed by atoms with van der Waals surface area (Å²) in [6, 6.07) is 19.8. The fraction of sp³-hybridized carbons (Fsp3) is 0.227. The van der Waals surface area contributed by atoms with Crippen molar-refractivity contribution in [3.63, 3.8) is 0 Å². The van der Waals surface area contributed by atoms with E-state index in [0.717, 1.165) is 39.8 Å². The highest BCUT2D eigenvalue weighted by Gasteiger charge is 2.31. The molecule has 1 aromatic heterocycles. The minimum Gasteiger partial charge on any atom is -0.492 e. The Kier molecular flexibility index (Phi) is 5.67. The Balaban J connectivity index is 1.28. The van der Waals surface area contributed by atoms with Crippen LogP contribution in [0, 0.1) is 0 Å². The first-order chi connectivity index (χ1) is 14.1. The van der Waals surface area contributed by atoms with Gasteiger partial charge >= 0.3 is 0 Å². The van der Waals surface area contributed by atoms with Gasteiger partial charge in [-0.2, -0.15) is 0 Å². The molecule has 7 heteroatoms. The maximum absolute atomic E-state index is 11.7. The molecule has 1 atom stereocenters. The average Bonchev–Trinajstić information content (AvgIpc) is 3.05. The molecule has 0 bridgehead atoms. The number of carbonyl (C=O) groups is 2. The van der Waals surface area contributed by atoms with Crippen LogP contribution in [0.4, 0.5) is 10.6 Å². The number of imide groups is 1. The number of anilines is 1. The lowest BCUT2D eigenvalue weighted by Crippen LogP contribution is -2.25. The van der Waals surface area contributed by atoms with Gasteiger partial charge in [-0.05, 0) is 42.3 Å². The molecule has 2 aromatic carbocycles. The van der Waals surface area contributed by atoms with Gasteiger partial charge < -0.3 is 9.64 Å². The number of likely N-dealkylation sites (N-methyl/N-ethyl adjacent to an activating group) is 1. The molecule has 0 unspecified atom stereocenters. The van der Waals surface area contributed by atoms with Gasteiger partial charge in [0, 0.05) is 12.4 Å². The topological polar surface area (TPSA) is 71.5 Å². The highest BCUT2D eigenvalue weighted by atomic mass is 32.2. The molecule has 148 valence electrons. The predicted octanol–water partition coefficient (Wildman–Crippen LogP) is 3.64. The van der Waals surface area contributed by atoms with Crippen molar-refractivity contribution in [2.75, 3.05) is 25.1 Å². The third-order valence-corrected chi connectivity index (χ3v) is 5.76. The average molecular weight is 407 g/mol. The van der Waals surface area contributed by atoms with E-state index >= 15 is 0 Å². The van der Waals surface area contributed by atoms with Crippen LogP contribution in [0.3, 0.4) is 0 Å². The molecule has 1 fully saturated rings. The standard InChI is InChI=1S/C22H21N3O3S/c1-25(20-11-8-16-4-2-3-5-18(16)23-20)12-13-28-17-9-6-15(7-10-17)14-19-21(26)24-22(27)29-19/h2-11,19H,12-14H2,1H3,(H,24,26,27)/t19-/m1/s1. The van der Waals surface area contributed by atoms with Gasteiger partial charge in [0.05, 0.1) is 17.3 Å². The minimum atomic E-state index is -0.350. The van der Waals surface area contributed by atoms with Crippen molar-refractivity contribution in [2.45, 2.75) is 11.7 Å². The zero-order valence-electron chi connectivity index (χ0n) is 16.0.